The van der Waals surface area contributed by atoms with Gasteiger partial charge in [-0.15, -0.1) is 0 Å². The van der Waals surface area contributed by atoms with E-state index in [4.69, 9.17) is 4.74 Å². The van der Waals surface area contributed by atoms with E-state index in [0.717, 1.165) is 4.68 Å². The van der Waals surface area contributed by atoms with Crippen LogP contribution in [0, 0.1) is 10.1 Å². The number of hydrogen-bond donors (Lipinski definition) is 1. The molecule has 1 aromatic heterocycles. The van der Waals surface area contributed by atoms with Crippen LogP contribution in [0.1, 0.15) is 10.4 Å². The Morgan fingerprint density at radius 1 is 1.00 bits per heavy atom. The molecule has 10 nitrogen and oxygen atoms in total. The third-order valence-electron chi connectivity index (χ3n) is 5.95. The number of aromatic nitrogens is 2. The molecule has 0 aliphatic carbocycles. The van der Waals surface area contributed by atoms with Crippen molar-refractivity contribution >= 4 is 28.1 Å². The molecule has 1 saturated heterocycles. The molecule has 0 unspecified atom stereocenters. The number of fused-ring (bicyclic) bond motifs is 1. The molecule has 176 valence electrons. The van der Waals surface area contributed by atoms with Crippen molar-refractivity contribution in [3.8, 4) is 16.9 Å². The topological polar surface area (TPSA) is 128 Å². The minimum absolute atomic E-state index is 0.0328. The van der Waals surface area contributed by atoms with Crippen LogP contribution in [0.25, 0.3) is 27.7 Å². The van der Waals surface area contributed by atoms with Gasteiger partial charge in [0.15, 0.2) is 0 Å². The van der Waals surface area contributed by atoms with Crippen LogP contribution in [0.4, 0.5) is 11.4 Å². The average molecular weight is 472 g/mol. The fourth-order valence-electron chi connectivity index (χ4n) is 4.22. The maximum Gasteiger partial charge on any atom is 0.335 e. The second-order valence-electron chi connectivity index (χ2n) is 8.03. The van der Waals surface area contributed by atoms with Crippen molar-refractivity contribution in [2.75, 3.05) is 31.2 Å². The molecule has 10 heteroatoms. The monoisotopic (exact) mass is 472 g/mol. The Bertz CT molecular complexity index is 1520. The van der Waals surface area contributed by atoms with Gasteiger partial charge in [-0.3, -0.25) is 14.9 Å². The minimum Gasteiger partial charge on any atom is -0.478 e. The lowest BCUT2D eigenvalue weighted by Crippen LogP contribution is -2.36. The Balaban J connectivity index is 1.78. The average Bonchev–Trinajstić information content (AvgIpc) is 2.89. The van der Waals surface area contributed by atoms with Crippen molar-refractivity contribution in [3.63, 3.8) is 0 Å². The number of rotatable bonds is 5. The first-order valence-corrected chi connectivity index (χ1v) is 10.9. The van der Waals surface area contributed by atoms with Gasteiger partial charge in [-0.2, -0.15) is 9.78 Å². The fraction of sp³-hybridized carbons (Fsp3) is 0.160. The molecule has 3 aromatic carbocycles. The van der Waals surface area contributed by atoms with Crippen molar-refractivity contribution in [3.05, 3.63) is 92.8 Å². The summed E-state index contributed by atoms with van der Waals surface area (Å²) in [5.41, 5.74) is 0.844. The Morgan fingerprint density at radius 3 is 2.46 bits per heavy atom. The van der Waals surface area contributed by atoms with E-state index < -0.39 is 16.5 Å². The van der Waals surface area contributed by atoms with Gasteiger partial charge >= 0.3 is 5.97 Å². The van der Waals surface area contributed by atoms with E-state index in [2.05, 4.69) is 5.10 Å². The first kappa shape index (κ1) is 22.2. The van der Waals surface area contributed by atoms with E-state index in [1.807, 2.05) is 4.90 Å². The number of morpholine rings is 1. The van der Waals surface area contributed by atoms with Gasteiger partial charge in [-0.25, -0.2) is 4.79 Å². The summed E-state index contributed by atoms with van der Waals surface area (Å²) in [6.45, 7) is 2.30. The number of aromatic carboxylic acids is 1. The van der Waals surface area contributed by atoms with E-state index in [9.17, 15) is 24.8 Å². The maximum atomic E-state index is 13.5. The predicted octanol–water partition coefficient (Wildman–Crippen LogP) is 3.50. The molecule has 1 aliphatic heterocycles. The molecule has 35 heavy (non-hydrogen) atoms. The number of benzene rings is 3. The van der Waals surface area contributed by atoms with Crippen molar-refractivity contribution in [2.24, 2.45) is 0 Å². The zero-order chi connectivity index (χ0) is 24.5. The molecule has 0 saturated carbocycles. The molecule has 1 aliphatic rings. The van der Waals surface area contributed by atoms with Crippen LogP contribution < -0.4 is 10.5 Å². The van der Waals surface area contributed by atoms with Crippen molar-refractivity contribution < 1.29 is 19.6 Å². The van der Waals surface area contributed by atoms with Crippen molar-refractivity contribution in [1.82, 2.24) is 9.78 Å². The van der Waals surface area contributed by atoms with Crippen LogP contribution in [0.2, 0.25) is 0 Å². The molecule has 0 atom stereocenters. The predicted molar refractivity (Wildman–Crippen MR) is 129 cm³/mol. The van der Waals surface area contributed by atoms with E-state index in [0.29, 0.717) is 54.0 Å². The molecular formula is C25H20N4O6. The van der Waals surface area contributed by atoms with E-state index in [1.54, 1.807) is 48.5 Å². The summed E-state index contributed by atoms with van der Waals surface area (Å²) in [6, 6.07) is 17.6. The number of carboxylic acid groups (broad SMARTS) is 1. The summed E-state index contributed by atoms with van der Waals surface area (Å²) in [5.74, 6) is -1.10. The summed E-state index contributed by atoms with van der Waals surface area (Å²) in [7, 11) is 0. The highest BCUT2D eigenvalue weighted by molar-refractivity contribution is 5.96. The van der Waals surface area contributed by atoms with Gasteiger partial charge in [0, 0.05) is 35.8 Å². The molecule has 2 heterocycles. The van der Waals surface area contributed by atoms with Crippen LogP contribution in [0.5, 0.6) is 0 Å². The van der Waals surface area contributed by atoms with Crippen LogP contribution in [-0.4, -0.2) is 52.1 Å². The molecule has 0 spiro atoms. The SMILES string of the molecule is O=C(O)c1cccc(-c2nn(-c3cc(N4CCOCC4)ccc3[N+](=O)[O-])c(=O)c3ccccc23)c1. The maximum absolute atomic E-state index is 13.5. The lowest BCUT2D eigenvalue weighted by Gasteiger charge is -2.29. The largest absolute Gasteiger partial charge is 0.478 e. The highest BCUT2D eigenvalue weighted by Crippen LogP contribution is 2.31. The van der Waals surface area contributed by atoms with Gasteiger partial charge in [0.05, 0.1) is 34.8 Å². The normalized spacial score (nSPS) is 13.7. The molecule has 1 N–H and O–H groups in total. The van der Waals surface area contributed by atoms with Crippen LogP contribution in [0.15, 0.2) is 71.5 Å². The molecular weight excluding hydrogens is 452 g/mol. The lowest BCUT2D eigenvalue weighted by atomic mass is 10.0. The quantitative estimate of drug-likeness (QED) is 0.345. The number of carbonyl (C=O) groups is 1. The molecule has 0 radical (unpaired) electrons. The molecule has 5 rings (SSSR count). The van der Waals surface area contributed by atoms with E-state index in [-0.39, 0.29) is 16.9 Å². The number of nitro benzene ring substituents is 1. The summed E-state index contributed by atoms with van der Waals surface area (Å²) in [4.78, 5) is 38.4. The van der Waals surface area contributed by atoms with Gasteiger partial charge in [-0.1, -0.05) is 30.3 Å². The number of nitro groups is 1. The third-order valence-corrected chi connectivity index (χ3v) is 5.95. The Morgan fingerprint density at radius 2 is 1.74 bits per heavy atom. The van der Waals surface area contributed by atoms with Crippen molar-refractivity contribution in [2.45, 2.75) is 0 Å². The number of carboxylic acids is 1. The first-order chi connectivity index (χ1) is 16.9. The second-order valence-corrected chi connectivity index (χ2v) is 8.03. The third kappa shape index (κ3) is 4.11. The number of anilines is 1. The van der Waals surface area contributed by atoms with Crippen LogP contribution in [0.3, 0.4) is 0 Å². The Hall–Kier alpha value is -4.57. The fourth-order valence-corrected chi connectivity index (χ4v) is 4.22. The molecule has 4 aromatic rings. The van der Waals surface area contributed by atoms with Gasteiger partial charge in [0.25, 0.3) is 11.2 Å². The van der Waals surface area contributed by atoms with E-state index >= 15 is 0 Å². The summed E-state index contributed by atoms with van der Waals surface area (Å²) < 4.78 is 6.43. The van der Waals surface area contributed by atoms with Gasteiger partial charge in [0.2, 0.25) is 0 Å². The van der Waals surface area contributed by atoms with Gasteiger partial charge in [0.1, 0.15) is 5.69 Å². The minimum atomic E-state index is -1.10. The highest BCUT2D eigenvalue weighted by Gasteiger charge is 2.23. The Kier molecular flexibility index (Phi) is 5.71. The summed E-state index contributed by atoms with van der Waals surface area (Å²) in [5, 5.41) is 26.7. The summed E-state index contributed by atoms with van der Waals surface area (Å²) in [6.07, 6.45) is 0. The van der Waals surface area contributed by atoms with Gasteiger partial charge < -0.3 is 14.7 Å². The number of hydrogen-bond acceptors (Lipinski definition) is 7. The molecule has 1 fully saturated rings. The molecule has 0 bridgehead atoms. The number of ether oxygens (including phenoxy) is 1. The Labute approximate surface area is 198 Å². The zero-order valence-electron chi connectivity index (χ0n) is 18.5. The van der Waals surface area contributed by atoms with E-state index in [1.165, 1.54) is 18.2 Å². The number of nitrogens with zero attached hydrogens (tertiary/aromatic N) is 4. The lowest BCUT2D eigenvalue weighted by molar-refractivity contribution is -0.384. The van der Waals surface area contributed by atoms with Gasteiger partial charge in [-0.05, 0) is 30.3 Å². The standard InChI is InChI=1S/C25H20N4O6/c30-24-20-7-2-1-6-19(20)23(16-4-3-5-17(14-16)25(31)32)26-28(24)22-15-18(8-9-21(22)29(33)34)27-10-12-35-13-11-27/h1-9,14-15H,10-13H2,(H,31,32). The summed E-state index contributed by atoms with van der Waals surface area (Å²) >= 11 is 0. The van der Waals surface area contributed by atoms with Crippen molar-refractivity contribution in [1.29, 1.82) is 0 Å². The molecule has 0 amide bonds. The van der Waals surface area contributed by atoms with Crippen LogP contribution in [-0.2, 0) is 4.74 Å². The smallest absolute Gasteiger partial charge is 0.335 e. The van der Waals surface area contributed by atoms with Crippen LogP contribution >= 0.6 is 0 Å². The highest BCUT2D eigenvalue weighted by atomic mass is 16.6. The second kappa shape index (κ2) is 8.99. The first-order valence-electron chi connectivity index (χ1n) is 10.9. The zero-order valence-corrected chi connectivity index (χ0v) is 18.5.